The number of nitrogen functional groups attached to an aromatic ring is 1. The number of ether oxygens (including phenoxy) is 1. The number of H-pyrrole nitrogens is 1. The topological polar surface area (TPSA) is 89.7 Å². The van der Waals surface area contributed by atoms with E-state index in [1.165, 1.54) is 11.8 Å². The van der Waals surface area contributed by atoms with Crippen LogP contribution >= 0.6 is 11.8 Å². The summed E-state index contributed by atoms with van der Waals surface area (Å²) in [4.78, 5) is 16.2. The van der Waals surface area contributed by atoms with Gasteiger partial charge in [0.25, 0.3) is 0 Å². The molecule has 0 spiro atoms. The van der Waals surface area contributed by atoms with Gasteiger partial charge in [-0.2, -0.15) is 0 Å². The van der Waals surface area contributed by atoms with E-state index in [4.69, 9.17) is 10.5 Å². The third-order valence-electron chi connectivity index (χ3n) is 2.61. The zero-order chi connectivity index (χ0) is 13.9. The minimum Gasteiger partial charge on any atom is -0.384 e. The molecule has 0 aliphatic carbocycles. The second kappa shape index (κ2) is 5.48. The van der Waals surface area contributed by atoms with Gasteiger partial charge in [0.05, 0.1) is 11.0 Å². The van der Waals surface area contributed by atoms with Gasteiger partial charge in [-0.15, -0.1) is 0 Å². The van der Waals surface area contributed by atoms with E-state index < -0.39 is 0 Å². The number of hydrogen-bond donors (Lipinski definition) is 2. The molecule has 0 atom stereocenters. The van der Waals surface area contributed by atoms with Crippen LogP contribution in [0.4, 0.5) is 5.82 Å². The molecule has 0 unspecified atom stereocenters. The van der Waals surface area contributed by atoms with Crippen molar-refractivity contribution in [3.63, 3.8) is 0 Å². The van der Waals surface area contributed by atoms with Crippen molar-refractivity contribution in [2.45, 2.75) is 16.8 Å². The Morgan fingerprint density at radius 1 is 1.25 bits per heavy atom. The number of nitrogens with one attached hydrogen (secondary N) is 1. The van der Waals surface area contributed by atoms with Crippen molar-refractivity contribution >= 4 is 28.6 Å². The molecular formula is C13H13N5OS. The van der Waals surface area contributed by atoms with Crippen molar-refractivity contribution in [3.05, 3.63) is 36.2 Å². The summed E-state index contributed by atoms with van der Waals surface area (Å²) in [5.74, 6) is 0.983. The van der Waals surface area contributed by atoms with Gasteiger partial charge in [-0.1, -0.05) is 12.1 Å². The van der Waals surface area contributed by atoms with Crippen molar-refractivity contribution in [3.8, 4) is 0 Å². The van der Waals surface area contributed by atoms with Gasteiger partial charge in [0, 0.05) is 13.2 Å². The van der Waals surface area contributed by atoms with E-state index in [1.807, 2.05) is 24.3 Å². The Bertz CT molecular complexity index is 709. The summed E-state index contributed by atoms with van der Waals surface area (Å²) in [6.45, 7) is 0.332. The SMILES string of the molecule is COCc1nc(N)cc(Sc2nc3ccccc3[nH]2)n1. The Hall–Kier alpha value is -2.12. The van der Waals surface area contributed by atoms with Crippen LogP contribution in [0.1, 0.15) is 5.82 Å². The highest BCUT2D eigenvalue weighted by atomic mass is 32.2. The minimum absolute atomic E-state index is 0.332. The van der Waals surface area contributed by atoms with Crippen molar-refractivity contribution in [1.82, 2.24) is 19.9 Å². The fourth-order valence-corrected chi connectivity index (χ4v) is 2.65. The number of methoxy groups -OCH3 is 1. The second-order valence-corrected chi connectivity index (χ2v) is 5.15. The molecule has 6 nitrogen and oxygen atoms in total. The molecule has 2 aromatic heterocycles. The molecule has 20 heavy (non-hydrogen) atoms. The maximum Gasteiger partial charge on any atom is 0.172 e. The highest BCUT2D eigenvalue weighted by molar-refractivity contribution is 7.99. The van der Waals surface area contributed by atoms with E-state index in [-0.39, 0.29) is 0 Å². The van der Waals surface area contributed by atoms with Crippen molar-refractivity contribution < 1.29 is 4.74 Å². The first-order chi connectivity index (χ1) is 9.74. The van der Waals surface area contributed by atoms with Gasteiger partial charge in [-0.05, 0) is 23.9 Å². The van der Waals surface area contributed by atoms with Crippen LogP contribution in [0, 0.1) is 0 Å². The van der Waals surface area contributed by atoms with Gasteiger partial charge in [0.2, 0.25) is 0 Å². The first-order valence-corrected chi connectivity index (χ1v) is 6.81. The molecule has 3 N–H and O–H groups in total. The monoisotopic (exact) mass is 287 g/mol. The lowest BCUT2D eigenvalue weighted by Gasteiger charge is -2.03. The first kappa shape index (κ1) is 12.9. The molecule has 0 saturated heterocycles. The summed E-state index contributed by atoms with van der Waals surface area (Å²) < 4.78 is 5.02. The molecule has 0 aliphatic heterocycles. The standard InChI is InChI=1S/C13H13N5OS/c1-19-7-11-17-10(14)6-12(18-11)20-13-15-8-4-2-3-5-9(8)16-13/h2-6H,7H2,1H3,(H,15,16)(H2,14,17,18). The molecule has 0 fully saturated rings. The number of para-hydroxylation sites is 2. The molecule has 1 aromatic carbocycles. The molecule has 0 bridgehead atoms. The van der Waals surface area contributed by atoms with Gasteiger partial charge in [-0.25, -0.2) is 15.0 Å². The first-order valence-electron chi connectivity index (χ1n) is 5.99. The summed E-state index contributed by atoms with van der Waals surface area (Å²) in [6, 6.07) is 9.58. The summed E-state index contributed by atoms with van der Waals surface area (Å²) in [7, 11) is 1.60. The van der Waals surface area contributed by atoms with E-state index >= 15 is 0 Å². The largest absolute Gasteiger partial charge is 0.384 e. The second-order valence-electron chi connectivity index (χ2n) is 4.14. The molecule has 3 aromatic rings. The number of nitrogens with two attached hydrogens (primary N) is 1. The maximum atomic E-state index is 5.77. The van der Waals surface area contributed by atoms with Crippen molar-refractivity contribution in [1.29, 1.82) is 0 Å². The molecule has 102 valence electrons. The molecule has 0 saturated carbocycles. The minimum atomic E-state index is 0.332. The molecular weight excluding hydrogens is 274 g/mol. The normalized spacial score (nSPS) is 11.1. The highest BCUT2D eigenvalue weighted by Gasteiger charge is 2.08. The maximum absolute atomic E-state index is 5.77. The average Bonchev–Trinajstić information content (AvgIpc) is 2.80. The zero-order valence-electron chi connectivity index (χ0n) is 10.8. The number of imidazole rings is 1. The van der Waals surface area contributed by atoms with Crippen molar-refractivity contribution in [2.75, 3.05) is 12.8 Å². The lowest BCUT2D eigenvalue weighted by atomic mass is 10.3. The number of fused-ring (bicyclic) bond motifs is 1. The Labute approximate surface area is 119 Å². The molecule has 7 heteroatoms. The van der Waals surface area contributed by atoms with Crippen LogP contribution in [0.25, 0.3) is 11.0 Å². The average molecular weight is 287 g/mol. The number of aromatic nitrogens is 4. The fraction of sp³-hybridized carbons (Fsp3) is 0.154. The lowest BCUT2D eigenvalue weighted by Crippen LogP contribution is -2.01. The van der Waals surface area contributed by atoms with E-state index in [2.05, 4.69) is 19.9 Å². The van der Waals surface area contributed by atoms with Crippen molar-refractivity contribution in [2.24, 2.45) is 0 Å². The molecule has 2 heterocycles. The van der Waals surface area contributed by atoms with Crippen LogP contribution in [0.2, 0.25) is 0 Å². The van der Waals surface area contributed by atoms with Gasteiger partial charge in [0.1, 0.15) is 17.5 Å². The summed E-state index contributed by atoms with van der Waals surface area (Å²) >= 11 is 1.41. The number of aromatic amines is 1. The quantitative estimate of drug-likeness (QED) is 0.715. The van der Waals surface area contributed by atoms with E-state index in [1.54, 1.807) is 13.2 Å². The van der Waals surface area contributed by atoms with Crippen LogP contribution in [0.15, 0.2) is 40.5 Å². The smallest absolute Gasteiger partial charge is 0.172 e. The van der Waals surface area contributed by atoms with E-state index in [9.17, 15) is 0 Å². The van der Waals surface area contributed by atoms with Crippen LogP contribution < -0.4 is 5.73 Å². The van der Waals surface area contributed by atoms with E-state index in [0.29, 0.717) is 18.2 Å². The highest BCUT2D eigenvalue weighted by Crippen LogP contribution is 2.26. The molecule has 3 rings (SSSR count). The van der Waals surface area contributed by atoms with Gasteiger partial charge < -0.3 is 15.5 Å². The fourth-order valence-electron chi connectivity index (χ4n) is 1.81. The number of hydrogen-bond acceptors (Lipinski definition) is 6. The Balaban J connectivity index is 1.90. The summed E-state index contributed by atoms with van der Waals surface area (Å²) in [5.41, 5.74) is 7.69. The molecule has 0 radical (unpaired) electrons. The van der Waals surface area contributed by atoms with Gasteiger partial charge in [-0.3, -0.25) is 0 Å². The lowest BCUT2D eigenvalue weighted by molar-refractivity contribution is 0.177. The predicted molar refractivity (Wildman–Crippen MR) is 77.4 cm³/mol. The zero-order valence-corrected chi connectivity index (χ0v) is 11.6. The van der Waals surface area contributed by atoms with Crippen LogP contribution in [-0.2, 0) is 11.3 Å². The van der Waals surface area contributed by atoms with Crippen LogP contribution in [0.3, 0.4) is 0 Å². The summed E-state index contributed by atoms with van der Waals surface area (Å²) in [5, 5.41) is 1.51. The van der Waals surface area contributed by atoms with Crippen LogP contribution in [0.5, 0.6) is 0 Å². The number of nitrogens with zero attached hydrogens (tertiary/aromatic N) is 3. The van der Waals surface area contributed by atoms with Gasteiger partial charge >= 0.3 is 0 Å². The van der Waals surface area contributed by atoms with Gasteiger partial charge in [0.15, 0.2) is 11.0 Å². The van der Waals surface area contributed by atoms with Crippen LogP contribution in [-0.4, -0.2) is 27.0 Å². The number of rotatable bonds is 4. The predicted octanol–water partition coefficient (Wildman–Crippen LogP) is 2.23. The Kier molecular flexibility index (Phi) is 3.53. The number of anilines is 1. The number of benzene rings is 1. The van der Waals surface area contributed by atoms with E-state index in [0.717, 1.165) is 21.2 Å². The molecule has 0 aliphatic rings. The Morgan fingerprint density at radius 3 is 2.90 bits per heavy atom. The third kappa shape index (κ3) is 2.73. The molecule has 0 amide bonds. The Morgan fingerprint density at radius 2 is 2.10 bits per heavy atom. The summed E-state index contributed by atoms with van der Waals surface area (Å²) in [6.07, 6.45) is 0. The third-order valence-corrected chi connectivity index (χ3v) is 3.42.